The fraction of sp³-hybridized carbons (Fsp3) is 0.529. The molecule has 2 fully saturated rings. The van der Waals surface area contributed by atoms with Crippen LogP contribution in [0.5, 0.6) is 0 Å². The third kappa shape index (κ3) is 2.09. The molecule has 0 radical (unpaired) electrons. The van der Waals surface area contributed by atoms with Crippen molar-refractivity contribution in [3.05, 3.63) is 47.6 Å². The predicted octanol–water partition coefficient (Wildman–Crippen LogP) is 3.00. The lowest BCUT2D eigenvalue weighted by Crippen LogP contribution is -2.23. The van der Waals surface area contributed by atoms with E-state index in [0.29, 0.717) is 18.0 Å². The number of rotatable bonds is 3. The van der Waals surface area contributed by atoms with Gasteiger partial charge in [-0.05, 0) is 38.7 Å². The highest BCUT2D eigenvalue weighted by atomic mass is 16.5. The molecule has 3 atom stereocenters. The average molecular weight is 283 g/mol. The summed E-state index contributed by atoms with van der Waals surface area (Å²) in [6.07, 6.45) is 3.66. The van der Waals surface area contributed by atoms with Crippen LogP contribution in [0, 0.1) is 0 Å². The van der Waals surface area contributed by atoms with Gasteiger partial charge < -0.3 is 9.84 Å². The van der Waals surface area contributed by atoms with E-state index in [0.717, 1.165) is 18.1 Å². The van der Waals surface area contributed by atoms with Gasteiger partial charge in [-0.25, -0.2) is 0 Å². The summed E-state index contributed by atoms with van der Waals surface area (Å²) in [6.45, 7) is 4.30. The van der Waals surface area contributed by atoms with Gasteiger partial charge >= 0.3 is 0 Å². The van der Waals surface area contributed by atoms with Gasteiger partial charge in [-0.1, -0.05) is 35.5 Å². The van der Waals surface area contributed by atoms with E-state index in [1.807, 2.05) is 6.07 Å². The van der Waals surface area contributed by atoms with Crippen molar-refractivity contribution in [2.24, 2.45) is 0 Å². The number of nitrogens with one attached hydrogen (secondary N) is 1. The molecule has 1 aromatic heterocycles. The number of hydrogen-bond acceptors (Lipinski definition) is 4. The largest absolute Gasteiger partial charge is 0.339 e. The SMILES string of the molecule is CC(C)(c1ccccc1)c1noc([C@@H]2C[C@@H]3CC[C@H]2N3)n1. The summed E-state index contributed by atoms with van der Waals surface area (Å²) in [4.78, 5) is 4.74. The summed E-state index contributed by atoms with van der Waals surface area (Å²) in [6, 6.07) is 11.6. The number of aromatic nitrogens is 2. The number of benzene rings is 1. The van der Waals surface area contributed by atoms with Gasteiger partial charge in [0.05, 0.1) is 11.3 Å². The molecule has 1 N–H and O–H groups in total. The van der Waals surface area contributed by atoms with Crippen molar-refractivity contribution < 1.29 is 4.52 Å². The van der Waals surface area contributed by atoms with Gasteiger partial charge in [0.1, 0.15) is 0 Å². The quantitative estimate of drug-likeness (QED) is 0.940. The molecule has 0 spiro atoms. The maximum atomic E-state index is 5.61. The highest BCUT2D eigenvalue weighted by Gasteiger charge is 2.43. The lowest BCUT2D eigenvalue weighted by Gasteiger charge is -2.21. The van der Waals surface area contributed by atoms with Gasteiger partial charge in [0.2, 0.25) is 5.89 Å². The minimum atomic E-state index is -0.228. The van der Waals surface area contributed by atoms with Crippen molar-refractivity contribution >= 4 is 0 Å². The van der Waals surface area contributed by atoms with Gasteiger partial charge in [-0.3, -0.25) is 0 Å². The van der Waals surface area contributed by atoms with E-state index < -0.39 is 0 Å². The summed E-state index contributed by atoms with van der Waals surface area (Å²) in [5, 5.41) is 7.91. The molecule has 110 valence electrons. The van der Waals surface area contributed by atoms with E-state index in [2.05, 4.69) is 48.6 Å². The van der Waals surface area contributed by atoms with Crippen LogP contribution in [-0.4, -0.2) is 22.2 Å². The summed E-state index contributed by atoms with van der Waals surface area (Å²) in [7, 11) is 0. The molecule has 21 heavy (non-hydrogen) atoms. The van der Waals surface area contributed by atoms with Crippen molar-refractivity contribution in [3.8, 4) is 0 Å². The predicted molar refractivity (Wildman–Crippen MR) is 80.2 cm³/mol. The fourth-order valence-electron chi connectivity index (χ4n) is 3.72. The summed E-state index contributed by atoms with van der Waals surface area (Å²) in [5.74, 6) is 2.00. The molecule has 4 heteroatoms. The van der Waals surface area contributed by atoms with Crippen LogP contribution in [0.25, 0.3) is 0 Å². The average Bonchev–Trinajstić information content (AvgIpc) is 3.24. The van der Waals surface area contributed by atoms with E-state index >= 15 is 0 Å². The van der Waals surface area contributed by atoms with Crippen LogP contribution in [-0.2, 0) is 5.41 Å². The van der Waals surface area contributed by atoms with Crippen molar-refractivity contribution in [3.63, 3.8) is 0 Å². The van der Waals surface area contributed by atoms with E-state index in [9.17, 15) is 0 Å². The van der Waals surface area contributed by atoms with Gasteiger partial charge in [0, 0.05) is 12.1 Å². The second-order valence-electron chi connectivity index (χ2n) is 6.84. The first-order chi connectivity index (χ1) is 10.1. The Bertz CT molecular complexity index is 634. The first-order valence-electron chi connectivity index (χ1n) is 7.80. The summed E-state index contributed by atoms with van der Waals surface area (Å²) >= 11 is 0. The standard InChI is InChI=1S/C17H21N3O/c1-17(2,11-6-4-3-5-7-11)16-19-15(21-20-16)13-10-12-8-9-14(13)18-12/h3-7,12-14,18H,8-10H2,1-2H3/t12-,13+,14+/m0/s1. The molecule has 2 aliphatic heterocycles. The van der Waals surface area contributed by atoms with Crippen LogP contribution in [0.2, 0.25) is 0 Å². The Balaban J connectivity index is 1.62. The van der Waals surface area contributed by atoms with Crippen LogP contribution < -0.4 is 5.32 Å². The minimum Gasteiger partial charge on any atom is -0.339 e. The van der Waals surface area contributed by atoms with Crippen LogP contribution in [0.1, 0.15) is 56.3 Å². The van der Waals surface area contributed by atoms with Crippen molar-refractivity contribution in [2.45, 2.75) is 56.5 Å². The van der Waals surface area contributed by atoms with Crippen molar-refractivity contribution in [1.82, 2.24) is 15.5 Å². The van der Waals surface area contributed by atoms with Crippen LogP contribution in [0.15, 0.2) is 34.9 Å². The molecule has 3 heterocycles. The molecular weight excluding hydrogens is 262 g/mol. The third-order valence-corrected chi connectivity index (χ3v) is 5.11. The Kier molecular flexibility index (Phi) is 2.89. The highest BCUT2D eigenvalue weighted by Crippen LogP contribution is 2.40. The number of hydrogen-bond donors (Lipinski definition) is 1. The minimum absolute atomic E-state index is 0.228. The Morgan fingerprint density at radius 3 is 2.67 bits per heavy atom. The lowest BCUT2D eigenvalue weighted by atomic mass is 9.84. The maximum Gasteiger partial charge on any atom is 0.231 e. The Labute approximate surface area is 124 Å². The van der Waals surface area contributed by atoms with Crippen molar-refractivity contribution in [2.75, 3.05) is 0 Å². The topological polar surface area (TPSA) is 51.0 Å². The van der Waals surface area contributed by atoms with Crippen molar-refractivity contribution in [1.29, 1.82) is 0 Å². The van der Waals surface area contributed by atoms with E-state index in [-0.39, 0.29) is 5.41 Å². The zero-order chi connectivity index (χ0) is 14.4. The molecule has 4 rings (SSSR count). The van der Waals surface area contributed by atoms with Crippen LogP contribution in [0.3, 0.4) is 0 Å². The summed E-state index contributed by atoms with van der Waals surface area (Å²) < 4.78 is 5.61. The van der Waals surface area contributed by atoms with E-state index in [4.69, 9.17) is 9.51 Å². The van der Waals surface area contributed by atoms with E-state index in [1.165, 1.54) is 18.4 Å². The van der Waals surface area contributed by atoms with E-state index in [1.54, 1.807) is 0 Å². The molecule has 0 aliphatic carbocycles. The first-order valence-corrected chi connectivity index (χ1v) is 7.80. The Morgan fingerprint density at radius 2 is 2.00 bits per heavy atom. The van der Waals surface area contributed by atoms with Gasteiger partial charge in [0.25, 0.3) is 0 Å². The molecule has 2 saturated heterocycles. The molecule has 4 nitrogen and oxygen atoms in total. The Morgan fingerprint density at radius 1 is 1.19 bits per heavy atom. The molecule has 1 aromatic carbocycles. The first kappa shape index (κ1) is 13.0. The molecule has 0 amide bonds. The zero-order valence-electron chi connectivity index (χ0n) is 12.5. The molecule has 2 aliphatic rings. The smallest absolute Gasteiger partial charge is 0.231 e. The molecule has 2 aromatic rings. The highest BCUT2D eigenvalue weighted by molar-refractivity contribution is 5.30. The van der Waals surface area contributed by atoms with Crippen LogP contribution >= 0.6 is 0 Å². The second-order valence-corrected chi connectivity index (χ2v) is 6.84. The summed E-state index contributed by atoms with van der Waals surface area (Å²) in [5.41, 5.74) is 0.983. The van der Waals surface area contributed by atoms with Gasteiger partial charge in [0.15, 0.2) is 5.82 Å². The molecular formula is C17H21N3O. The number of fused-ring (bicyclic) bond motifs is 2. The Hall–Kier alpha value is -1.68. The number of nitrogens with zero attached hydrogens (tertiary/aromatic N) is 2. The van der Waals surface area contributed by atoms with Gasteiger partial charge in [-0.15, -0.1) is 0 Å². The third-order valence-electron chi connectivity index (χ3n) is 5.11. The fourth-order valence-corrected chi connectivity index (χ4v) is 3.72. The molecule has 2 bridgehead atoms. The molecule has 0 saturated carbocycles. The normalized spacial score (nSPS) is 28.2. The molecule has 0 unspecified atom stereocenters. The zero-order valence-corrected chi connectivity index (χ0v) is 12.5. The maximum absolute atomic E-state index is 5.61. The lowest BCUT2D eigenvalue weighted by molar-refractivity contribution is 0.324. The monoisotopic (exact) mass is 283 g/mol. The second kappa shape index (κ2) is 4.67. The van der Waals surface area contributed by atoms with Gasteiger partial charge in [-0.2, -0.15) is 4.98 Å². The van der Waals surface area contributed by atoms with Crippen LogP contribution in [0.4, 0.5) is 0 Å².